The molecule has 258 valence electrons. The lowest BCUT2D eigenvalue weighted by molar-refractivity contribution is -0.134. The molecular formula is C39H40F2N6O3. The number of amides is 2. The Labute approximate surface area is 289 Å². The Morgan fingerprint density at radius 1 is 0.860 bits per heavy atom. The Morgan fingerprint density at radius 2 is 1.62 bits per heavy atom. The molecule has 0 saturated carbocycles. The van der Waals surface area contributed by atoms with Crippen LogP contribution in [0.25, 0.3) is 11.3 Å². The summed E-state index contributed by atoms with van der Waals surface area (Å²) in [6.45, 7) is 1.67. The number of para-hydroxylation sites is 1. The number of hydrogen-bond donors (Lipinski definition) is 4. The quantitative estimate of drug-likeness (QED) is 0.108. The summed E-state index contributed by atoms with van der Waals surface area (Å²) >= 11 is 0. The van der Waals surface area contributed by atoms with Gasteiger partial charge >= 0.3 is 0 Å². The van der Waals surface area contributed by atoms with E-state index in [1.807, 2.05) is 16.7 Å². The van der Waals surface area contributed by atoms with Crippen LogP contribution >= 0.6 is 0 Å². The first-order chi connectivity index (χ1) is 24.2. The number of phenolic OH excluding ortho intramolecular Hbond substituents is 1. The van der Waals surface area contributed by atoms with Gasteiger partial charge in [-0.3, -0.25) is 9.59 Å². The van der Waals surface area contributed by atoms with E-state index in [1.54, 1.807) is 47.4 Å². The highest BCUT2D eigenvalue weighted by Gasteiger charge is 2.29. The molecule has 1 atom stereocenters. The molecule has 0 saturated heterocycles. The van der Waals surface area contributed by atoms with Crippen molar-refractivity contribution < 1.29 is 23.5 Å². The van der Waals surface area contributed by atoms with Crippen LogP contribution in [0.2, 0.25) is 0 Å². The summed E-state index contributed by atoms with van der Waals surface area (Å²) in [6, 6.07) is 26.1. The minimum atomic E-state index is -0.727. The van der Waals surface area contributed by atoms with E-state index in [2.05, 4.69) is 22.8 Å². The zero-order valence-electron chi connectivity index (χ0n) is 27.6. The number of anilines is 2. The van der Waals surface area contributed by atoms with Crippen molar-refractivity contribution >= 4 is 23.3 Å². The predicted octanol–water partition coefficient (Wildman–Crippen LogP) is 6.33. The molecule has 11 heteroatoms. The first-order valence-corrected chi connectivity index (χ1v) is 16.8. The number of aryl methyl sites for hydroxylation is 1. The Bertz CT molecular complexity index is 1940. The number of carbonyl (C=O) groups is 2. The van der Waals surface area contributed by atoms with Crippen LogP contribution in [0.5, 0.6) is 5.75 Å². The average Bonchev–Trinajstić information content (AvgIpc) is 3.48. The molecule has 2 amide bonds. The molecule has 0 unspecified atom stereocenters. The summed E-state index contributed by atoms with van der Waals surface area (Å²) in [4.78, 5) is 32.3. The zero-order chi connectivity index (χ0) is 35.0. The Morgan fingerprint density at radius 3 is 2.38 bits per heavy atom. The number of unbranched alkanes of at least 4 members (excludes halogenated alkanes) is 2. The maximum absolute atomic E-state index is 14.2. The third-order valence-electron chi connectivity index (χ3n) is 8.86. The van der Waals surface area contributed by atoms with Crippen molar-refractivity contribution in [1.29, 1.82) is 0 Å². The monoisotopic (exact) mass is 678 g/mol. The number of nitrogens with zero attached hydrogens (tertiary/aromatic N) is 3. The number of hydrogen-bond acceptors (Lipinski definition) is 6. The number of aromatic hydroxyl groups is 1. The second kappa shape index (κ2) is 15.8. The zero-order valence-corrected chi connectivity index (χ0v) is 27.6. The van der Waals surface area contributed by atoms with Gasteiger partial charge < -0.3 is 30.9 Å². The molecule has 0 radical (unpaired) electrons. The highest BCUT2D eigenvalue weighted by Crippen LogP contribution is 2.34. The van der Waals surface area contributed by atoms with Crippen LogP contribution in [0, 0.1) is 11.6 Å². The van der Waals surface area contributed by atoms with Gasteiger partial charge in [-0.1, -0.05) is 55.0 Å². The standard InChI is InChI=1S/C39H40F2N6O3/c40-29-16-18-31(19-17-29)44-37-36(28-8-6-9-30(41)24-28)45-35-25-46(21-22-47(35)37)39(50)33(42)23-27-14-12-26(13-15-27)7-2-1-5-20-43-38(49)32-10-3-4-11-34(32)48/h3-4,6,8-19,24,33,44,48H,1-2,5,7,20-23,25,42H2,(H,43,49)/t33-/m0/s1. The van der Waals surface area contributed by atoms with E-state index in [0.717, 1.165) is 31.2 Å². The van der Waals surface area contributed by atoms with Crippen LogP contribution in [-0.4, -0.2) is 50.5 Å². The number of aromatic nitrogens is 2. The van der Waals surface area contributed by atoms with Gasteiger partial charge in [0.2, 0.25) is 5.91 Å². The van der Waals surface area contributed by atoms with Gasteiger partial charge in [0.1, 0.15) is 34.7 Å². The Kier molecular flexibility index (Phi) is 10.8. The predicted molar refractivity (Wildman–Crippen MR) is 189 cm³/mol. The molecule has 1 aliphatic heterocycles. The van der Waals surface area contributed by atoms with Crippen molar-refractivity contribution in [3.8, 4) is 17.0 Å². The third kappa shape index (κ3) is 8.35. The van der Waals surface area contributed by atoms with E-state index < -0.39 is 6.04 Å². The number of nitrogens with one attached hydrogen (secondary N) is 2. The van der Waals surface area contributed by atoms with E-state index in [-0.39, 0.29) is 41.3 Å². The molecule has 6 rings (SSSR count). The highest BCUT2D eigenvalue weighted by atomic mass is 19.1. The van der Waals surface area contributed by atoms with Gasteiger partial charge in [0, 0.05) is 30.9 Å². The number of nitrogens with two attached hydrogens (primary N) is 1. The van der Waals surface area contributed by atoms with Crippen LogP contribution in [0.3, 0.4) is 0 Å². The number of halogens is 2. The lowest BCUT2D eigenvalue weighted by Gasteiger charge is -2.30. The Balaban J connectivity index is 1.01. The fraction of sp³-hybridized carbons (Fsp3) is 0.256. The highest BCUT2D eigenvalue weighted by molar-refractivity contribution is 5.96. The summed E-state index contributed by atoms with van der Waals surface area (Å²) in [6.07, 6.45) is 4.05. The molecule has 50 heavy (non-hydrogen) atoms. The summed E-state index contributed by atoms with van der Waals surface area (Å²) < 4.78 is 29.7. The number of carbonyl (C=O) groups excluding carboxylic acids is 2. The molecule has 5 aromatic rings. The second-order valence-electron chi connectivity index (χ2n) is 12.5. The molecule has 0 spiro atoms. The molecule has 4 aromatic carbocycles. The summed E-state index contributed by atoms with van der Waals surface area (Å²) in [7, 11) is 0. The number of benzene rings is 4. The fourth-order valence-electron chi connectivity index (χ4n) is 6.16. The van der Waals surface area contributed by atoms with E-state index in [9.17, 15) is 23.5 Å². The lowest BCUT2D eigenvalue weighted by atomic mass is 10.0. The number of phenols is 1. The van der Waals surface area contributed by atoms with Crippen LogP contribution in [0.4, 0.5) is 20.3 Å². The van der Waals surface area contributed by atoms with Crippen molar-refractivity contribution in [3.63, 3.8) is 0 Å². The summed E-state index contributed by atoms with van der Waals surface area (Å²) in [5.41, 5.74) is 10.7. The molecule has 5 N–H and O–H groups in total. The minimum Gasteiger partial charge on any atom is -0.507 e. The van der Waals surface area contributed by atoms with Gasteiger partial charge in [0.05, 0.1) is 18.2 Å². The Hall–Kier alpha value is -5.55. The van der Waals surface area contributed by atoms with Crippen LogP contribution in [0.15, 0.2) is 97.1 Å². The SMILES string of the molecule is N[C@@H](Cc1ccc(CCCCCNC(=O)c2ccccc2O)cc1)C(=O)N1CCn2c(nc(-c3cccc(F)c3)c2Nc2ccc(F)cc2)C1. The van der Waals surface area contributed by atoms with Crippen molar-refractivity contribution in [1.82, 2.24) is 19.8 Å². The first kappa shape index (κ1) is 34.3. The van der Waals surface area contributed by atoms with E-state index in [0.29, 0.717) is 54.6 Å². The van der Waals surface area contributed by atoms with Crippen molar-refractivity contribution in [2.75, 3.05) is 18.4 Å². The van der Waals surface area contributed by atoms with Gasteiger partial charge in [0.15, 0.2) is 0 Å². The van der Waals surface area contributed by atoms with Crippen molar-refractivity contribution in [3.05, 3.63) is 131 Å². The maximum Gasteiger partial charge on any atom is 0.255 e. The van der Waals surface area contributed by atoms with Gasteiger partial charge in [-0.25, -0.2) is 13.8 Å². The smallest absolute Gasteiger partial charge is 0.255 e. The normalized spacial score (nSPS) is 13.1. The van der Waals surface area contributed by atoms with Crippen molar-refractivity contribution in [2.45, 2.75) is 51.2 Å². The van der Waals surface area contributed by atoms with Gasteiger partial charge in [0.25, 0.3) is 5.91 Å². The fourth-order valence-corrected chi connectivity index (χ4v) is 6.16. The maximum atomic E-state index is 14.2. The summed E-state index contributed by atoms with van der Waals surface area (Å²) in [5.74, 6) is 0.0772. The van der Waals surface area contributed by atoms with E-state index in [4.69, 9.17) is 10.7 Å². The van der Waals surface area contributed by atoms with Crippen molar-refractivity contribution in [2.24, 2.45) is 5.73 Å². The average molecular weight is 679 g/mol. The number of fused-ring (bicyclic) bond motifs is 1. The summed E-state index contributed by atoms with van der Waals surface area (Å²) in [5, 5.41) is 16.0. The molecule has 0 aliphatic carbocycles. The van der Waals surface area contributed by atoms with Crippen LogP contribution in [0.1, 0.15) is 46.6 Å². The van der Waals surface area contributed by atoms with Crippen LogP contribution < -0.4 is 16.4 Å². The van der Waals surface area contributed by atoms with Crippen LogP contribution in [-0.2, 0) is 30.7 Å². The lowest BCUT2D eigenvalue weighted by Crippen LogP contribution is -2.47. The third-order valence-corrected chi connectivity index (χ3v) is 8.86. The molecule has 1 aromatic heterocycles. The van der Waals surface area contributed by atoms with Gasteiger partial charge in [-0.15, -0.1) is 0 Å². The second-order valence-corrected chi connectivity index (χ2v) is 12.5. The molecule has 0 fully saturated rings. The largest absolute Gasteiger partial charge is 0.507 e. The minimum absolute atomic E-state index is 0.0253. The topological polar surface area (TPSA) is 126 Å². The molecule has 1 aliphatic rings. The molecular weight excluding hydrogens is 638 g/mol. The first-order valence-electron chi connectivity index (χ1n) is 16.8. The molecule has 2 heterocycles. The van der Waals surface area contributed by atoms with Gasteiger partial charge in [-0.2, -0.15) is 0 Å². The van der Waals surface area contributed by atoms with E-state index >= 15 is 0 Å². The number of imidazole rings is 1. The molecule has 9 nitrogen and oxygen atoms in total. The van der Waals surface area contributed by atoms with E-state index in [1.165, 1.54) is 35.9 Å². The number of rotatable bonds is 13. The molecule has 0 bridgehead atoms. The van der Waals surface area contributed by atoms with Gasteiger partial charge in [-0.05, 0) is 85.3 Å².